The third kappa shape index (κ3) is 7.07. The molecule has 2 atom stereocenters. The van der Waals surface area contributed by atoms with Crippen molar-refractivity contribution in [1.82, 2.24) is 19.8 Å². The van der Waals surface area contributed by atoms with Gasteiger partial charge >= 0.3 is 0 Å². The summed E-state index contributed by atoms with van der Waals surface area (Å²) < 4.78 is 28.0. The molecule has 2 N–H and O–H groups in total. The summed E-state index contributed by atoms with van der Waals surface area (Å²) in [6, 6.07) is 14.1. The van der Waals surface area contributed by atoms with Crippen LogP contribution in [0.1, 0.15) is 61.6 Å². The minimum atomic E-state index is -3.50. The average Bonchev–Trinajstić information content (AvgIpc) is 2.93. The van der Waals surface area contributed by atoms with Gasteiger partial charge in [-0.1, -0.05) is 53.9 Å². The van der Waals surface area contributed by atoms with Crippen LogP contribution in [0.3, 0.4) is 0 Å². The lowest BCUT2D eigenvalue weighted by Gasteiger charge is -2.45. The Morgan fingerprint density at radius 3 is 2.43 bits per heavy atom. The minimum absolute atomic E-state index is 0.152. The molecule has 2 aliphatic heterocycles. The summed E-state index contributed by atoms with van der Waals surface area (Å²) in [7, 11) is -0.0149. The van der Waals surface area contributed by atoms with Crippen molar-refractivity contribution in [1.29, 1.82) is 0 Å². The van der Waals surface area contributed by atoms with Crippen LogP contribution in [0, 0.1) is 0 Å². The summed E-state index contributed by atoms with van der Waals surface area (Å²) in [4.78, 5) is 5.60. The lowest BCUT2D eigenvalue weighted by molar-refractivity contribution is 0.0480. The Labute approximate surface area is 232 Å². The van der Waals surface area contributed by atoms with Gasteiger partial charge in [0.05, 0.1) is 14.9 Å². The average molecular weight is 568 g/mol. The SMILES string of the molecule is CNC[C@@H](CCN1CCC(N2CCCCC2c2ccccc2S(=O)(=O)NC)CC1)c1ccc(Cl)c(Cl)c1. The van der Waals surface area contributed by atoms with Gasteiger partial charge in [0.15, 0.2) is 0 Å². The summed E-state index contributed by atoms with van der Waals surface area (Å²) >= 11 is 12.4. The number of hydrogen-bond acceptors (Lipinski definition) is 5. The Balaban J connectivity index is 1.39. The van der Waals surface area contributed by atoms with Crippen LogP contribution >= 0.6 is 23.2 Å². The quantitative estimate of drug-likeness (QED) is 0.409. The summed E-state index contributed by atoms with van der Waals surface area (Å²) in [5, 5.41) is 4.54. The summed E-state index contributed by atoms with van der Waals surface area (Å²) in [5.41, 5.74) is 2.17. The molecular weight excluding hydrogens is 527 g/mol. The summed E-state index contributed by atoms with van der Waals surface area (Å²) in [6.07, 6.45) is 6.60. The maximum absolute atomic E-state index is 12.7. The zero-order valence-electron chi connectivity index (χ0n) is 21.9. The van der Waals surface area contributed by atoms with Gasteiger partial charge in [0, 0.05) is 18.6 Å². The standard InChI is InChI=1S/C28H40Cl2N4O2S/c1-31-20-22(21-10-11-25(29)26(30)19-21)12-16-33-17-13-23(14-18-33)34-15-6-5-8-27(34)24-7-3-4-9-28(24)37(35,36)32-2/h3-4,7,9-11,19,22-23,27,31-32H,5-6,8,12-18,20H2,1-2H3/t22-,27?/m1/s1. The largest absolute Gasteiger partial charge is 0.319 e. The highest BCUT2D eigenvalue weighted by Gasteiger charge is 2.34. The van der Waals surface area contributed by atoms with Gasteiger partial charge < -0.3 is 10.2 Å². The Morgan fingerprint density at radius 1 is 0.973 bits per heavy atom. The van der Waals surface area contributed by atoms with E-state index < -0.39 is 10.0 Å². The number of likely N-dealkylation sites (tertiary alicyclic amines) is 2. The fourth-order valence-corrected chi connectivity index (χ4v) is 7.35. The van der Waals surface area contributed by atoms with Gasteiger partial charge in [0.25, 0.3) is 0 Å². The van der Waals surface area contributed by atoms with Gasteiger partial charge in [-0.25, -0.2) is 13.1 Å². The number of halogens is 2. The molecule has 0 radical (unpaired) electrons. The molecule has 1 unspecified atom stereocenters. The molecule has 204 valence electrons. The zero-order valence-corrected chi connectivity index (χ0v) is 24.3. The van der Waals surface area contributed by atoms with Gasteiger partial charge in [-0.15, -0.1) is 0 Å². The Hall–Kier alpha value is -1.19. The third-order valence-corrected chi connectivity index (χ3v) is 10.3. The molecular formula is C28H40Cl2N4O2S. The molecule has 0 bridgehead atoms. The maximum atomic E-state index is 12.7. The van der Waals surface area contributed by atoms with Crippen molar-refractivity contribution in [3.8, 4) is 0 Å². The van der Waals surface area contributed by atoms with Crippen molar-refractivity contribution in [3.63, 3.8) is 0 Å². The second-order valence-corrected chi connectivity index (χ2v) is 13.0. The molecule has 2 aliphatic rings. The Kier molecular flexibility index (Phi) is 10.3. The second-order valence-electron chi connectivity index (χ2n) is 10.3. The van der Waals surface area contributed by atoms with E-state index >= 15 is 0 Å². The van der Waals surface area contributed by atoms with E-state index in [1.807, 2.05) is 37.4 Å². The molecule has 2 saturated heterocycles. The first-order valence-electron chi connectivity index (χ1n) is 13.4. The molecule has 0 spiro atoms. The van der Waals surface area contributed by atoms with Crippen LogP contribution in [0.4, 0.5) is 0 Å². The van der Waals surface area contributed by atoms with Crippen molar-refractivity contribution >= 4 is 33.2 Å². The summed E-state index contributed by atoms with van der Waals surface area (Å²) in [6.45, 7) is 5.12. The zero-order chi connectivity index (χ0) is 26.4. The number of nitrogens with one attached hydrogen (secondary N) is 2. The van der Waals surface area contributed by atoms with Crippen molar-refractivity contribution in [3.05, 3.63) is 63.6 Å². The molecule has 2 heterocycles. The molecule has 9 heteroatoms. The third-order valence-electron chi connectivity index (χ3n) is 8.07. The molecule has 4 rings (SSSR count). The number of rotatable bonds is 10. The van der Waals surface area contributed by atoms with Crippen LogP contribution in [0.2, 0.25) is 10.0 Å². The van der Waals surface area contributed by atoms with E-state index in [2.05, 4.69) is 25.9 Å². The van der Waals surface area contributed by atoms with E-state index in [0.717, 1.165) is 70.4 Å². The van der Waals surface area contributed by atoms with Gasteiger partial charge in [0.1, 0.15) is 0 Å². The van der Waals surface area contributed by atoms with Crippen molar-refractivity contribution in [2.75, 3.05) is 46.8 Å². The topological polar surface area (TPSA) is 64.7 Å². The van der Waals surface area contributed by atoms with Crippen LogP contribution in [-0.4, -0.2) is 71.1 Å². The van der Waals surface area contributed by atoms with Crippen molar-refractivity contribution in [2.45, 2.75) is 61.4 Å². The number of hydrogen-bond donors (Lipinski definition) is 2. The van der Waals surface area contributed by atoms with E-state index in [1.165, 1.54) is 19.0 Å². The predicted octanol–water partition coefficient (Wildman–Crippen LogP) is 5.29. The van der Waals surface area contributed by atoms with E-state index in [0.29, 0.717) is 26.9 Å². The summed E-state index contributed by atoms with van der Waals surface area (Å²) in [5.74, 6) is 0.384. The maximum Gasteiger partial charge on any atom is 0.240 e. The second kappa shape index (κ2) is 13.2. The van der Waals surface area contributed by atoms with Crippen molar-refractivity contribution in [2.24, 2.45) is 0 Å². The fourth-order valence-electron chi connectivity index (χ4n) is 6.05. The lowest BCUT2D eigenvalue weighted by Crippen LogP contribution is -2.48. The van der Waals surface area contributed by atoms with Crippen LogP contribution in [-0.2, 0) is 10.0 Å². The molecule has 0 amide bonds. The predicted molar refractivity (Wildman–Crippen MR) is 153 cm³/mol. The smallest absolute Gasteiger partial charge is 0.240 e. The Bertz CT molecular complexity index is 1140. The van der Waals surface area contributed by atoms with Gasteiger partial charge in [-0.3, -0.25) is 4.90 Å². The number of piperidine rings is 2. The first-order chi connectivity index (χ1) is 17.8. The Morgan fingerprint density at radius 2 is 1.73 bits per heavy atom. The highest BCUT2D eigenvalue weighted by molar-refractivity contribution is 7.89. The van der Waals surface area contributed by atoms with Crippen LogP contribution in [0.5, 0.6) is 0 Å². The molecule has 2 aromatic rings. The highest BCUT2D eigenvalue weighted by Crippen LogP contribution is 2.38. The van der Waals surface area contributed by atoms with E-state index in [9.17, 15) is 8.42 Å². The van der Waals surface area contributed by atoms with Crippen LogP contribution < -0.4 is 10.0 Å². The van der Waals surface area contributed by atoms with Gasteiger partial charge in [-0.2, -0.15) is 0 Å². The van der Waals surface area contributed by atoms with E-state index in [1.54, 1.807) is 6.07 Å². The fraction of sp³-hybridized carbons (Fsp3) is 0.571. The molecule has 0 aliphatic carbocycles. The molecule has 2 fully saturated rings. The monoisotopic (exact) mass is 566 g/mol. The highest BCUT2D eigenvalue weighted by atomic mass is 35.5. The van der Waals surface area contributed by atoms with E-state index in [4.69, 9.17) is 23.2 Å². The lowest BCUT2D eigenvalue weighted by atomic mass is 9.90. The normalized spacial score (nSPS) is 21.2. The van der Waals surface area contributed by atoms with Crippen molar-refractivity contribution < 1.29 is 8.42 Å². The van der Waals surface area contributed by atoms with Gasteiger partial charge in [-0.05, 0) is 108 Å². The number of nitrogens with zero attached hydrogens (tertiary/aromatic N) is 2. The van der Waals surface area contributed by atoms with Gasteiger partial charge in [0.2, 0.25) is 10.0 Å². The molecule has 0 aromatic heterocycles. The first kappa shape index (κ1) is 28.8. The molecule has 6 nitrogen and oxygen atoms in total. The minimum Gasteiger partial charge on any atom is -0.319 e. The van der Waals surface area contributed by atoms with Crippen LogP contribution in [0.15, 0.2) is 47.4 Å². The number of sulfonamides is 1. The number of benzene rings is 2. The molecule has 0 saturated carbocycles. The molecule has 2 aromatic carbocycles. The van der Waals surface area contributed by atoms with Crippen LogP contribution in [0.25, 0.3) is 0 Å². The first-order valence-corrected chi connectivity index (χ1v) is 15.7. The molecule has 37 heavy (non-hydrogen) atoms. The number of likely N-dealkylation sites (N-methyl/N-ethyl adjacent to an activating group) is 1. The van der Waals surface area contributed by atoms with E-state index in [-0.39, 0.29) is 6.04 Å².